The summed E-state index contributed by atoms with van der Waals surface area (Å²) >= 11 is 0. The third-order valence-corrected chi connectivity index (χ3v) is 4.57. The van der Waals surface area contributed by atoms with E-state index in [0.717, 1.165) is 43.5 Å². The summed E-state index contributed by atoms with van der Waals surface area (Å²) in [4.78, 5) is 13.3. The van der Waals surface area contributed by atoms with E-state index < -0.39 is 5.54 Å². The van der Waals surface area contributed by atoms with Crippen LogP contribution in [0.25, 0.3) is 0 Å². The Morgan fingerprint density at radius 2 is 1.81 bits per heavy atom. The third kappa shape index (κ3) is 16.9. The van der Waals surface area contributed by atoms with E-state index >= 15 is 0 Å². The molecule has 0 aliphatic heterocycles. The van der Waals surface area contributed by atoms with Crippen molar-refractivity contribution in [3.8, 4) is 0 Å². The minimum absolute atomic E-state index is 0.0703. The Labute approximate surface area is 194 Å². The number of hydrogen-bond donors (Lipinski definition) is 1. The average Bonchev–Trinajstić information content (AvgIpc) is 2.75. The van der Waals surface area contributed by atoms with Crippen LogP contribution in [0.1, 0.15) is 95.4 Å². The minimum Gasteiger partial charge on any atom is -0.377 e. The molecule has 0 radical (unpaired) electrons. The Kier molecular flexibility index (Phi) is 22.6. The molecule has 0 aromatic heterocycles. The molecule has 3 nitrogen and oxygen atoms in total. The van der Waals surface area contributed by atoms with Crippen molar-refractivity contribution in [1.29, 1.82) is 0 Å². The molecule has 1 rings (SSSR count). The minimum atomic E-state index is -0.590. The van der Waals surface area contributed by atoms with E-state index in [1.165, 1.54) is 6.42 Å². The third-order valence-electron chi connectivity index (χ3n) is 4.57. The Morgan fingerprint density at radius 3 is 2.23 bits per heavy atom. The van der Waals surface area contributed by atoms with Crippen molar-refractivity contribution < 1.29 is 9.18 Å². The normalized spacial score (nSPS) is 16.1. The summed E-state index contributed by atoms with van der Waals surface area (Å²) in [5.41, 5.74) is 1.09. The zero-order valence-electron chi connectivity index (χ0n) is 22.6. The lowest BCUT2D eigenvalue weighted by molar-refractivity contribution is -0.112. The van der Waals surface area contributed by atoms with E-state index in [9.17, 15) is 9.18 Å². The first kappa shape index (κ1) is 34.2. The first-order valence-electron chi connectivity index (χ1n) is 12.3. The van der Waals surface area contributed by atoms with Crippen LogP contribution in [-0.4, -0.2) is 36.4 Å². The number of allylic oxidation sites excluding steroid dienone is 3. The Morgan fingerprint density at radius 1 is 1.29 bits per heavy atom. The molecule has 184 valence electrons. The maximum Gasteiger partial charge on any atom is 0.144 e. The van der Waals surface area contributed by atoms with Gasteiger partial charge >= 0.3 is 0 Å². The van der Waals surface area contributed by atoms with Gasteiger partial charge in [-0.3, -0.25) is 4.90 Å². The monoisotopic (exact) mass is 440 g/mol. The van der Waals surface area contributed by atoms with Crippen molar-refractivity contribution in [1.82, 2.24) is 10.2 Å². The first-order valence-corrected chi connectivity index (χ1v) is 12.3. The standard InChI is InChI=1S/C20H33FN2O.C3H8.2C2H6/c1-7-23(13-18-9-8-15(2)12-19(18)21)11-10-16(3)17(4)22-20(5,6)14-24;1-3-2;2*1-2/h9,12,14-16,22H,4,7-8,10-11,13H2,1-3,5-6H3;3H2,1-2H3;2*1-2H3. The molecule has 0 amide bonds. The van der Waals surface area contributed by atoms with Crippen LogP contribution in [-0.2, 0) is 4.79 Å². The predicted molar refractivity (Wildman–Crippen MR) is 138 cm³/mol. The Hall–Kier alpha value is -1.42. The molecule has 0 saturated heterocycles. The second-order valence-electron chi connectivity index (χ2n) is 8.21. The molecule has 0 aromatic rings. The fraction of sp³-hybridized carbons (Fsp3) is 0.741. The van der Waals surface area contributed by atoms with Gasteiger partial charge in [0.25, 0.3) is 0 Å². The summed E-state index contributed by atoms with van der Waals surface area (Å²) in [6.07, 6.45) is 7.73. The average molecular weight is 441 g/mol. The number of hydrogen-bond acceptors (Lipinski definition) is 3. The van der Waals surface area contributed by atoms with Gasteiger partial charge in [-0.15, -0.1) is 0 Å². The highest BCUT2D eigenvalue weighted by Crippen LogP contribution is 2.24. The summed E-state index contributed by atoms with van der Waals surface area (Å²) in [6, 6.07) is 0. The summed E-state index contributed by atoms with van der Waals surface area (Å²) in [5.74, 6) is 0.470. The van der Waals surface area contributed by atoms with Gasteiger partial charge in [0.05, 0.1) is 5.54 Å². The largest absolute Gasteiger partial charge is 0.377 e. The lowest BCUT2D eigenvalue weighted by Crippen LogP contribution is -2.41. The Balaban J connectivity index is -0.000000999. The van der Waals surface area contributed by atoms with Gasteiger partial charge in [0.2, 0.25) is 0 Å². The number of nitrogens with one attached hydrogen (secondary N) is 1. The van der Waals surface area contributed by atoms with E-state index in [4.69, 9.17) is 0 Å². The fourth-order valence-corrected chi connectivity index (χ4v) is 2.70. The van der Waals surface area contributed by atoms with E-state index in [2.05, 4.69) is 44.5 Å². The van der Waals surface area contributed by atoms with Gasteiger partial charge in [0.1, 0.15) is 12.1 Å². The van der Waals surface area contributed by atoms with Crippen LogP contribution in [0.3, 0.4) is 0 Å². The van der Waals surface area contributed by atoms with Gasteiger partial charge in [-0.25, -0.2) is 4.39 Å². The van der Waals surface area contributed by atoms with Crippen LogP contribution in [0.5, 0.6) is 0 Å². The molecule has 0 aromatic carbocycles. The molecule has 0 spiro atoms. The number of likely N-dealkylation sites (N-methyl/N-ethyl adjacent to an activating group) is 1. The van der Waals surface area contributed by atoms with Crippen molar-refractivity contribution in [2.45, 2.75) is 101 Å². The molecule has 4 heteroatoms. The molecule has 0 heterocycles. The number of aldehydes is 1. The molecule has 0 saturated carbocycles. The van der Waals surface area contributed by atoms with Crippen LogP contribution in [0, 0.1) is 11.8 Å². The molecule has 0 bridgehead atoms. The molecule has 2 unspecified atom stereocenters. The lowest BCUT2D eigenvalue weighted by atomic mass is 9.97. The van der Waals surface area contributed by atoms with E-state index in [1.54, 1.807) is 6.08 Å². The molecule has 1 aliphatic rings. The van der Waals surface area contributed by atoms with Gasteiger partial charge in [-0.05, 0) is 63.3 Å². The van der Waals surface area contributed by atoms with Gasteiger partial charge < -0.3 is 10.1 Å². The number of halogens is 1. The van der Waals surface area contributed by atoms with Gasteiger partial charge in [0, 0.05) is 12.2 Å². The highest BCUT2D eigenvalue weighted by molar-refractivity contribution is 5.63. The van der Waals surface area contributed by atoms with Crippen molar-refractivity contribution in [3.05, 3.63) is 35.8 Å². The quantitative estimate of drug-likeness (QED) is 0.353. The molecule has 0 fully saturated rings. The molecule has 1 aliphatic carbocycles. The molecule has 2 atom stereocenters. The lowest BCUT2D eigenvalue weighted by Gasteiger charge is -2.28. The van der Waals surface area contributed by atoms with Gasteiger partial charge in [0.15, 0.2) is 0 Å². The summed E-state index contributed by atoms with van der Waals surface area (Å²) < 4.78 is 14.1. The molecule has 1 N–H and O–H groups in total. The highest BCUT2D eigenvalue weighted by atomic mass is 19.1. The van der Waals surface area contributed by atoms with E-state index in [0.29, 0.717) is 12.5 Å². The second kappa shape index (κ2) is 20.5. The van der Waals surface area contributed by atoms with E-state index in [-0.39, 0.29) is 11.7 Å². The number of carbonyl (C=O) groups is 1. The maximum atomic E-state index is 14.1. The molecular formula is C27H53FN2O. The topological polar surface area (TPSA) is 32.3 Å². The van der Waals surface area contributed by atoms with Crippen LogP contribution in [0.2, 0.25) is 0 Å². The highest BCUT2D eigenvalue weighted by Gasteiger charge is 2.20. The fourth-order valence-electron chi connectivity index (χ4n) is 2.70. The number of nitrogens with zero attached hydrogens (tertiary/aromatic N) is 1. The van der Waals surface area contributed by atoms with Crippen LogP contribution in [0.15, 0.2) is 35.8 Å². The second-order valence-corrected chi connectivity index (χ2v) is 8.21. The summed E-state index contributed by atoms with van der Waals surface area (Å²) in [5, 5.41) is 3.18. The van der Waals surface area contributed by atoms with E-state index in [1.807, 2.05) is 54.5 Å². The number of rotatable bonds is 10. The smallest absolute Gasteiger partial charge is 0.144 e. The molecular weight excluding hydrogens is 387 g/mol. The van der Waals surface area contributed by atoms with Crippen LogP contribution < -0.4 is 5.32 Å². The van der Waals surface area contributed by atoms with Crippen molar-refractivity contribution in [2.75, 3.05) is 19.6 Å². The SMILES string of the molecule is C=C(NC(C)(C)C=O)C(C)CCN(CC)CC1=CCC(C)C=C1F.CC.CC.CCC. The van der Waals surface area contributed by atoms with Crippen LogP contribution >= 0.6 is 0 Å². The zero-order valence-corrected chi connectivity index (χ0v) is 22.6. The summed E-state index contributed by atoms with van der Waals surface area (Å²) in [6.45, 7) is 28.6. The van der Waals surface area contributed by atoms with Gasteiger partial charge in [-0.1, -0.05) is 81.4 Å². The van der Waals surface area contributed by atoms with Crippen molar-refractivity contribution in [2.24, 2.45) is 11.8 Å². The number of carbonyl (C=O) groups excluding carboxylic acids is 1. The van der Waals surface area contributed by atoms with Crippen molar-refractivity contribution in [3.63, 3.8) is 0 Å². The zero-order chi connectivity index (χ0) is 25.0. The first-order chi connectivity index (χ1) is 14.6. The molecule has 31 heavy (non-hydrogen) atoms. The predicted octanol–water partition coefficient (Wildman–Crippen LogP) is 7.70. The maximum absolute atomic E-state index is 14.1. The Bertz CT molecular complexity index is 523. The van der Waals surface area contributed by atoms with Gasteiger partial charge in [-0.2, -0.15) is 0 Å². The van der Waals surface area contributed by atoms with Crippen molar-refractivity contribution >= 4 is 6.29 Å². The summed E-state index contributed by atoms with van der Waals surface area (Å²) in [7, 11) is 0. The van der Waals surface area contributed by atoms with Crippen LogP contribution in [0.4, 0.5) is 4.39 Å².